The standard InChI is InChI=1S/C18H29N3O2/c1-14(16-7-5-6-10-19-16)21-11-8-15(9-12-21)13-20-17(22)23-18(2,3)4/h5-7,10,14-15H,8-9,11-13H2,1-4H3,(H,20,22)/t14-/m0/s1. The van der Waals surface area contributed by atoms with Gasteiger partial charge in [0.05, 0.1) is 5.69 Å². The van der Waals surface area contributed by atoms with Crippen LogP contribution in [-0.4, -0.2) is 41.2 Å². The molecule has 1 aromatic heterocycles. The molecule has 1 aliphatic rings. The van der Waals surface area contributed by atoms with Crippen LogP contribution in [0.5, 0.6) is 0 Å². The first-order valence-electron chi connectivity index (χ1n) is 8.47. The van der Waals surface area contributed by atoms with E-state index in [-0.39, 0.29) is 6.09 Å². The van der Waals surface area contributed by atoms with Crippen LogP contribution < -0.4 is 5.32 Å². The Labute approximate surface area is 139 Å². The summed E-state index contributed by atoms with van der Waals surface area (Å²) in [6, 6.07) is 6.41. The van der Waals surface area contributed by atoms with Crippen molar-refractivity contribution in [3.05, 3.63) is 30.1 Å². The van der Waals surface area contributed by atoms with E-state index in [0.29, 0.717) is 18.5 Å². The summed E-state index contributed by atoms with van der Waals surface area (Å²) in [5.74, 6) is 0.523. The lowest BCUT2D eigenvalue weighted by Crippen LogP contribution is -2.41. The topological polar surface area (TPSA) is 54.5 Å². The Bertz CT molecular complexity index is 491. The van der Waals surface area contributed by atoms with Crippen LogP contribution in [-0.2, 0) is 4.74 Å². The maximum Gasteiger partial charge on any atom is 0.407 e. The van der Waals surface area contributed by atoms with E-state index in [4.69, 9.17) is 4.74 Å². The molecule has 0 unspecified atom stereocenters. The molecule has 1 aliphatic heterocycles. The number of amides is 1. The number of nitrogens with one attached hydrogen (secondary N) is 1. The molecular weight excluding hydrogens is 290 g/mol. The highest BCUT2D eigenvalue weighted by Crippen LogP contribution is 2.25. The Morgan fingerprint density at radius 2 is 2.09 bits per heavy atom. The molecule has 0 bridgehead atoms. The number of carbonyl (C=O) groups is 1. The smallest absolute Gasteiger partial charge is 0.407 e. The highest BCUT2D eigenvalue weighted by atomic mass is 16.6. The number of rotatable bonds is 4. The van der Waals surface area contributed by atoms with E-state index in [1.165, 1.54) is 0 Å². The van der Waals surface area contributed by atoms with Crippen molar-refractivity contribution >= 4 is 6.09 Å². The summed E-state index contributed by atoms with van der Waals surface area (Å²) in [5.41, 5.74) is 0.684. The van der Waals surface area contributed by atoms with Crippen molar-refractivity contribution in [3.8, 4) is 0 Å². The third kappa shape index (κ3) is 5.82. The molecule has 1 aromatic rings. The van der Waals surface area contributed by atoms with Gasteiger partial charge in [-0.05, 0) is 71.7 Å². The largest absolute Gasteiger partial charge is 0.444 e. The molecule has 128 valence electrons. The number of likely N-dealkylation sites (tertiary alicyclic amines) is 1. The van der Waals surface area contributed by atoms with Gasteiger partial charge in [-0.1, -0.05) is 6.07 Å². The molecular formula is C18H29N3O2. The normalized spacial score (nSPS) is 18.4. The van der Waals surface area contributed by atoms with Gasteiger partial charge < -0.3 is 10.1 Å². The molecule has 1 amide bonds. The summed E-state index contributed by atoms with van der Waals surface area (Å²) in [6.07, 6.45) is 3.71. The lowest BCUT2D eigenvalue weighted by Gasteiger charge is -2.35. The second-order valence-corrected chi connectivity index (χ2v) is 7.29. The highest BCUT2D eigenvalue weighted by molar-refractivity contribution is 5.67. The van der Waals surface area contributed by atoms with Crippen LogP contribution >= 0.6 is 0 Å². The van der Waals surface area contributed by atoms with Crippen LogP contribution in [0.25, 0.3) is 0 Å². The molecule has 0 aliphatic carbocycles. The Kier molecular flexibility index (Phi) is 5.99. The van der Waals surface area contributed by atoms with E-state index >= 15 is 0 Å². The second kappa shape index (κ2) is 7.77. The van der Waals surface area contributed by atoms with Gasteiger partial charge in [-0.15, -0.1) is 0 Å². The molecule has 5 nitrogen and oxygen atoms in total. The van der Waals surface area contributed by atoms with Crippen molar-refractivity contribution in [1.29, 1.82) is 0 Å². The molecule has 1 atom stereocenters. The van der Waals surface area contributed by atoms with Crippen LogP contribution in [0.3, 0.4) is 0 Å². The first kappa shape index (κ1) is 17.7. The minimum atomic E-state index is -0.439. The Morgan fingerprint density at radius 3 is 2.65 bits per heavy atom. The summed E-state index contributed by atoms with van der Waals surface area (Å²) in [5, 5.41) is 2.89. The van der Waals surface area contributed by atoms with Crippen molar-refractivity contribution in [2.45, 2.75) is 52.2 Å². The van der Waals surface area contributed by atoms with Crippen molar-refractivity contribution < 1.29 is 9.53 Å². The molecule has 5 heteroatoms. The zero-order valence-electron chi connectivity index (χ0n) is 14.7. The zero-order chi connectivity index (χ0) is 16.9. The molecule has 1 N–H and O–H groups in total. The number of alkyl carbamates (subject to hydrolysis) is 1. The molecule has 0 aromatic carbocycles. The molecule has 0 spiro atoms. The van der Waals surface area contributed by atoms with Crippen LogP contribution in [0.15, 0.2) is 24.4 Å². The molecule has 2 rings (SSSR count). The lowest BCUT2D eigenvalue weighted by atomic mass is 9.95. The van der Waals surface area contributed by atoms with Crippen LogP contribution in [0, 0.1) is 5.92 Å². The summed E-state index contributed by atoms with van der Waals surface area (Å²) in [6.45, 7) is 10.6. The van der Waals surface area contributed by atoms with Crippen molar-refractivity contribution in [1.82, 2.24) is 15.2 Å². The van der Waals surface area contributed by atoms with Gasteiger partial charge in [0.25, 0.3) is 0 Å². The summed E-state index contributed by atoms with van der Waals surface area (Å²) in [4.78, 5) is 18.6. The number of piperidine rings is 1. The fourth-order valence-electron chi connectivity index (χ4n) is 2.90. The van der Waals surface area contributed by atoms with E-state index in [1.54, 1.807) is 0 Å². The minimum Gasteiger partial charge on any atom is -0.444 e. The maximum atomic E-state index is 11.7. The average molecular weight is 319 g/mol. The molecule has 23 heavy (non-hydrogen) atoms. The van der Waals surface area contributed by atoms with Crippen molar-refractivity contribution in [2.75, 3.05) is 19.6 Å². The number of hydrogen-bond donors (Lipinski definition) is 1. The number of hydrogen-bond acceptors (Lipinski definition) is 4. The number of ether oxygens (including phenoxy) is 1. The first-order chi connectivity index (χ1) is 10.8. The molecule has 0 radical (unpaired) electrons. The van der Waals surface area contributed by atoms with Crippen molar-refractivity contribution in [2.24, 2.45) is 5.92 Å². The van der Waals surface area contributed by atoms with Gasteiger partial charge in [0.15, 0.2) is 0 Å². The van der Waals surface area contributed by atoms with Crippen LogP contribution in [0.1, 0.15) is 52.3 Å². The molecule has 1 fully saturated rings. The molecule has 0 saturated carbocycles. The number of aromatic nitrogens is 1. The zero-order valence-corrected chi connectivity index (χ0v) is 14.7. The number of nitrogens with zero attached hydrogens (tertiary/aromatic N) is 2. The quantitative estimate of drug-likeness (QED) is 0.924. The predicted octanol–water partition coefficient (Wildman–Crippen LogP) is 3.38. The van der Waals surface area contributed by atoms with E-state index in [1.807, 2.05) is 39.1 Å². The fraction of sp³-hybridized carbons (Fsp3) is 0.667. The Balaban J connectivity index is 1.73. The monoisotopic (exact) mass is 319 g/mol. The summed E-state index contributed by atoms with van der Waals surface area (Å²) >= 11 is 0. The van der Waals surface area contributed by atoms with Gasteiger partial charge in [-0.3, -0.25) is 9.88 Å². The number of pyridine rings is 1. The van der Waals surface area contributed by atoms with Crippen molar-refractivity contribution in [3.63, 3.8) is 0 Å². The van der Waals surface area contributed by atoms with E-state index in [0.717, 1.165) is 31.6 Å². The Morgan fingerprint density at radius 1 is 1.39 bits per heavy atom. The minimum absolute atomic E-state index is 0.318. The first-order valence-corrected chi connectivity index (χ1v) is 8.47. The summed E-state index contributed by atoms with van der Waals surface area (Å²) in [7, 11) is 0. The third-order valence-corrected chi connectivity index (χ3v) is 4.25. The van der Waals surface area contributed by atoms with Crippen LogP contribution in [0.4, 0.5) is 4.79 Å². The molecule has 2 heterocycles. The maximum absolute atomic E-state index is 11.7. The van der Waals surface area contributed by atoms with Gasteiger partial charge in [0.1, 0.15) is 5.60 Å². The van der Waals surface area contributed by atoms with Gasteiger partial charge in [0, 0.05) is 18.8 Å². The van der Waals surface area contributed by atoms with Gasteiger partial charge >= 0.3 is 6.09 Å². The van der Waals surface area contributed by atoms with E-state index < -0.39 is 5.60 Å². The Hall–Kier alpha value is -1.62. The highest BCUT2D eigenvalue weighted by Gasteiger charge is 2.25. The van der Waals surface area contributed by atoms with Gasteiger partial charge in [-0.25, -0.2) is 4.79 Å². The van der Waals surface area contributed by atoms with E-state index in [2.05, 4.69) is 28.2 Å². The van der Waals surface area contributed by atoms with Crippen LogP contribution in [0.2, 0.25) is 0 Å². The summed E-state index contributed by atoms with van der Waals surface area (Å²) < 4.78 is 5.28. The van der Waals surface area contributed by atoms with E-state index in [9.17, 15) is 4.79 Å². The van der Waals surface area contributed by atoms with Gasteiger partial charge in [-0.2, -0.15) is 0 Å². The second-order valence-electron chi connectivity index (χ2n) is 7.29. The number of carbonyl (C=O) groups excluding carboxylic acids is 1. The lowest BCUT2D eigenvalue weighted by molar-refractivity contribution is 0.0505. The van der Waals surface area contributed by atoms with Gasteiger partial charge in [0.2, 0.25) is 0 Å². The predicted molar refractivity (Wildman–Crippen MR) is 91.2 cm³/mol. The molecule has 1 saturated heterocycles. The fourth-order valence-corrected chi connectivity index (χ4v) is 2.90. The average Bonchev–Trinajstić information content (AvgIpc) is 2.52. The third-order valence-electron chi connectivity index (χ3n) is 4.25. The SMILES string of the molecule is C[C@@H](c1ccccn1)N1CCC(CNC(=O)OC(C)(C)C)CC1.